The first-order chi connectivity index (χ1) is 18.5. The molecule has 1 aliphatic carbocycles. The smallest absolute Gasteiger partial charge is 0.194 e. The SMILES string of the molecule is CC(C)CC(=O)/C=C(\O)CC(C)C.Cc1[c-]c(-c2ccc3c4c(ccc3n2)-c2ccccc2C4=O)cc(C)c1.[Ir]. The van der Waals surface area contributed by atoms with E-state index >= 15 is 0 Å². The molecule has 1 radical (unpaired) electrons. The summed E-state index contributed by atoms with van der Waals surface area (Å²) >= 11 is 0. The molecule has 4 nitrogen and oxygen atoms in total. The molecule has 3 aromatic carbocycles. The van der Waals surface area contributed by atoms with Crippen LogP contribution < -0.4 is 0 Å². The summed E-state index contributed by atoms with van der Waals surface area (Å²) < 4.78 is 0. The number of pyridine rings is 1. The number of ketones is 2. The summed E-state index contributed by atoms with van der Waals surface area (Å²) in [4.78, 5) is 28.9. The maximum Gasteiger partial charge on any atom is 0.194 e. The number of allylic oxidation sites excluding steroid dienone is 2. The fourth-order valence-electron chi connectivity index (χ4n) is 5.03. The van der Waals surface area contributed by atoms with E-state index in [2.05, 4.69) is 25.1 Å². The molecule has 5 heteroatoms. The Bertz CT molecular complexity index is 1560. The van der Waals surface area contributed by atoms with Crippen molar-refractivity contribution in [3.63, 3.8) is 0 Å². The van der Waals surface area contributed by atoms with Gasteiger partial charge in [0.15, 0.2) is 11.6 Å². The molecule has 4 aromatic rings. The Kier molecular flexibility index (Phi) is 10.4. The van der Waals surface area contributed by atoms with Gasteiger partial charge >= 0.3 is 0 Å². The number of rotatable bonds is 6. The Hall–Kier alpha value is -3.40. The molecule has 0 fully saturated rings. The monoisotopic (exact) mass is 711 g/mol. The van der Waals surface area contributed by atoms with Gasteiger partial charge in [-0.15, -0.1) is 34.9 Å². The Morgan fingerprint density at radius 1 is 0.900 bits per heavy atom. The normalized spacial score (nSPS) is 12.1. The molecule has 0 unspecified atom stereocenters. The molecule has 40 heavy (non-hydrogen) atoms. The second-order valence-electron chi connectivity index (χ2n) is 11.2. The van der Waals surface area contributed by atoms with Gasteiger partial charge in [-0.1, -0.05) is 84.0 Å². The molecule has 1 aromatic heterocycles. The van der Waals surface area contributed by atoms with Crippen molar-refractivity contribution in [3.8, 4) is 22.4 Å². The minimum atomic E-state index is 0. The van der Waals surface area contributed by atoms with E-state index < -0.39 is 0 Å². The predicted octanol–water partition coefficient (Wildman–Crippen LogP) is 8.62. The number of benzene rings is 3. The van der Waals surface area contributed by atoms with E-state index in [0.717, 1.165) is 50.0 Å². The number of carbonyl (C=O) groups is 2. The van der Waals surface area contributed by atoms with Gasteiger partial charge in [0, 0.05) is 55.5 Å². The molecule has 0 aliphatic heterocycles. The van der Waals surface area contributed by atoms with Crippen molar-refractivity contribution in [3.05, 3.63) is 101 Å². The second-order valence-corrected chi connectivity index (χ2v) is 11.2. The van der Waals surface area contributed by atoms with Crippen LogP contribution in [0.15, 0.2) is 72.5 Å². The Labute approximate surface area is 250 Å². The van der Waals surface area contributed by atoms with Crippen LogP contribution >= 0.6 is 0 Å². The number of aliphatic hydroxyl groups is 1. The van der Waals surface area contributed by atoms with Crippen molar-refractivity contribution >= 4 is 22.5 Å². The van der Waals surface area contributed by atoms with Crippen LogP contribution in [-0.2, 0) is 24.9 Å². The fraction of sp³-hybridized carbons (Fsp3) is 0.286. The third kappa shape index (κ3) is 7.21. The van der Waals surface area contributed by atoms with Crippen LogP contribution in [0, 0.1) is 31.7 Å². The van der Waals surface area contributed by atoms with Gasteiger partial charge in [0.05, 0.1) is 11.3 Å². The summed E-state index contributed by atoms with van der Waals surface area (Å²) in [6.45, 7) is 12.1. The van der Waals surface area contributed by atoms with Crippen LogP contribution in [0.3, 0.4) is 0 Å². The molecule has 1 aliphatic rings. The van der Waals surface area contributed by atoms with Crippen molar-refractivity contribution in [2.45, 2.75) is 54.4 Å². The van der Waals surface area contributed by atoms with Crippen molar-refractivity contribution in [2.75, 3.05) is 0 Å². The number of hydrogen-bond donors (Lipinski definition) is 1. The van der Waals surface area contributed by atoms with Gasteiger partial charge in [-0.05, 0) is 34.7 Å². The van der Waals surface area contributed by atoms with Crippen LogP contribution in [-0.4, -0.2) is 21.7 Å². The van der Waals surface area contributed by atoms with E-state index in [0.29, 0.717) is 24.7 Å². The minimum Gasteiger partial charge on any atom is -0.512 e. The van der Waals surface area contributed by atoms with E-state index in [1.54, 1.807) is 0 Å². The summed E-state index contributed by atoms with van der Waals surface area (Å²) in [5, 5.41) is 10.3. The maximum absolute atomic E-state index is 12.9. The van der Waals surface area contributed by atoms with Gasteiger partial charge < -0.3 is 5.11 Å². The van der Waals surface area contributed by atoms with Crippen LogP contribution in [0.25, 0.3) is 33.3 Å². The maximum atomic E-state index is 12.9. The minimum absolute atomic E-state index is 0. The number of fused-ring (bicyclic) bond motifs is 5. The third-order valence-electron chi connectivity index (χ3n) is 6.54. The molecule has 0 saturated heterocycles. The van der Waals surface area contributed by atoms with Crippen molar-refractivity contribution in [1.29, 1.82) is 0 Å². The molecule has 0 spiro atoms. The topological polar surface area (TPSA) is 67.3 Å². The predicted molar refractivity (Wildman–Crippen MR) is 159 cm³/mol. The second kappa shape index (κ2) is 13.3. The van der Waals surface area contributed by atoms with Gasteiger partial charge in [0.25, 0.3) is 0 Å². The van der Waals surface area contributed by atoms with Crippen LogP contribution in [0.5, 0.6) is 0 Å². The first-order valence-corrected chi connectivity index (χ1v) is 13.5. The Morgan fingerprint density at radius 3 is 2.23 bits per heavy atom. The summed E-state index contributed by atoms with van der Waals surface area (Å²) in [5.74, 6) is 1.07. The molecule has 0 amide bonds. The molecular formula is C35H36IrNO3-. The Morgan fingerprint density at radius 2 is 1.57 bits per heavy atom. The largest absolute Gasteiger partial charge is 0.512 e. The summed E-state index contributed by atoms with van der Waals surface area (Å²) in [5.41, 5.74) is 8.57. The molecular weight excluding hydrogens is 675 g/mol. The fourth-order valence-corrected chi connectivity index (χ4v) is 5.03. The standard InChI is InChI=1S/C24H16NO.C11H20O2.Ir/c1-14-11-15(2)13-16(12-14)21-9-8-20-22(25-21)10-7-18-17-5-3-4-6-19(17)24(26)23(18)20;1-8(2)5-10(12)7-11(13)6-9(3)4;/h3-12H,1-2H3;7-9,12H,5-6H2,1-4H3;/q-1;;/b;10-7-;. The van der Waals surface area contributed by atoms with Gasteiger partial charge in [-0.25, -0.2) is 0 Å². The Balaban J connectivity index is 0.000000272. The quantitative estimate of drug-likeness (QED) is 0.109. The zero-order valence-electron chi connectivity index (χ0n) is 24.0. The molecule has 1 heterocycles. The van der Waals surface area contributed by atoms with Gasteiger partial charge in [0.1, 0.15) is 0 Å². The van der Waals surface area contributed by atoms with Crippen LogP contribution in [0.1, 0.15) is 67.6 Å². The molecule has 1 N–H and O–H groups in total. The molecule has 5 rings (SSSR count). The zero-order valence-corrected chi connectivity index (χ0v) is 26.4. The summed E-state index contributed by atoms with van der Waals surface area (Å²) in [6, 6.07) is 23.4. The number of aliphatic hydroxyl groups excluding tert-OH is 1. The van der Waals surface area contributed by atoms with E-state index in [1.165, 1.54) is 11.6 Å². The average molecular weight is 711 g/mol. The van der Waals surface area contributed by atoms with Crippen LogP contribution in [0.2, 0.25) is 0 Å². The molecule has 0 atom stereocenters. The molecule has 209 valence electrons. The van der Waals surface area contributed by atoms with Crippen molar-refractivity contribution in [1.82, 2.24) is 4.98 Å². The number of aryl methyl sites for hydroxylation is 2. The van der Waals surface area contributed by atoms with E-state index in [9.17, 15) is 14.7 Å². The first-order valence-electron chi connectivity index (χ1n) is 13.5. The van der Waals surface area contributed by atoms with Crippen molar-refractivity contribution in [2.24, 2.45) is 11.8 Å². The molecule has 0 bridgehead atoms. The summed E-state index contributed by atoms with van der Waals surface area (Å²) in [7, 11) is 0. The first kappa shape index (κ1) is 31.1. The number of nitrogens with zero attached hydrogens (tertiary/aromatic N) is 1. The number of hydrogen-bond acceptors (Lipinski definition) is 4. The summed E-state index contributed by atoms with van der Waals surface area (Å²) in [6.07, 6.45) is 2.46. The van der Waals surface area contributed by atoms with Gasteiger partial charge in [-0.3, -0.25) is 14.6 Å². The van der Waals surface area contributed by atoms with E-state index in [4.69, 9.17) is 4.98 Å². The van der Waals surface area contributed by atoms with E-state index in [-0.39, 0.29) is 37.4 Å². The zero-order chi connectivity index (χ0) is 28.3. The number of aromatic nitrogens is 1. The van der Waals surface area contributed by atoms with Crippen LogP contribution in [0.4, 0.5) is 0 Å². The van der Waals surface area contributed by atoms with Gasteiger partial charge in [-0.2, -0.15) is 0 Å². The third-order valence-corrected chi connectivity index (χ3v) is 6.54. The van der Waals surface area contributed by atoms with Crippen molar-refractivity contribution < 1.29 is 34.8 Å². The van der Waals surface area contributed by atoms with E-state index in [1.807, 2.05) is 83.1 Å². The average Bonchev–Trinajstić information content (AvgIpc) is 3.15. The number of carbonyl (C=O) groups excluding carboxylic acids is 2. The van der Waals surface area contributed by atoms with Gasteiger partial charge in [0.2, 0.25) is 0 Å². The molecule has 0 saturated carbocycles.